The summed E-state index contributed by atoms with van der Waals surface area (Å²) in [5, 5.41) is 0. The molecule has 0 radical (unpaired) electrons. The second-order valence-corrected chi connectivity index (χ2v) is 15.3. The number of primary amides is 2. The summed E-state index contributed by atoms with van der Waals surface area (Å²) in [6, 6.07) is 0. The molecule has 4 N–H and O–H groups in total. The van der Waals surface area contributed by atoms with Gasteiger partial charge < -0.3 is 11.5 Å². The van der Waals surface area contributed by atoms with Crippen LogP contribution in [0.3, 0.4) is 0 Å². The topological polar surface area (TPSA) is 86.2 Å². The van der Waals surface area contributed by atoms with E-state index in [9.17, 15) is 9.59 Å². The Balaban J connectivity index is 3.15. The molecular weight excluding hydrogens is 576 g/mol. The minimum Gasteiger partial charge on any atom is -0.370 e. The molecule has 0 aliphatic heterocycles. The van der Waals surface area contributed by atoms with Gasteiger partial charge in [0.1, 0.15) is 0 Å². The number of carbonyl (C=O) groups excluding carboxylic acids is 2. The average Bonchev–Trinajstić information content (AvgIpc) is 3.05. The second kappa shape index (κ2) is 39.4. The number of nitrogens with two attached hydrogens (primary N) is 2. The fourth-order valence-corrected chi connectivity index (χ4v) is 7.24. The standard InChI is InChI=1S/C43H86N2O2/c1-2-3-35-38-41(43(45)47)39-36-33-31-29-27-25-23-21-19-17-15-13-11-9-7-5-4-6-8-10-12-14-16-18-20-22-24-26-28-30-32-34-37-40-42(44)46/h41H,2-40H2,1H3,(H2,44,46)(H2,45,47). The van der Waals surface area contributed by atoms with Crippen molar-refractivity contribution in [1.29, 1.82) is 0 Å². The molecule has 0 heterocycles. The van der Waals surface area contributed by atoms with E-state index in [-0.39, 0.29) is 17.7 Å². The van der Waals surface area contributed by atoms with Crippen LogP contribution in [0.25, 0.3) is 0 Å². The van der Waals surface area contributed by atoms with Crippen LogP contribution in [0, 0.1) is 5.92 Å². The first-order valence-electron chi connectivity index (χ1n) is 21.7. The van der Waals surface area contributed by atoms with E-state index in [0.717, 1.165) is 32.1 Å². The van der Waals surface area contributed by atoms with Crippen LogP contribution in [0.5, 0.6) is 0 Å². The molecule has 0 aliphatic carbocycles. The molecular formula is C43H86N2O2. The van der Waals surface area contributed by atoms with Gasteiger partial charge in [-0.15, -0.1) is 0 Å². The van der Waals surface area contributed by atoms with Crippen molar-refractivity contribution < 1.29 is 9.59 Å². The normalized spacial score (nSPS) is 12.1. The average molecular weight is 663 g/mol. The van der Waals surface area contributed by atoms with Crippen LogP contribution in [-0.4, -0.2) is 11.8 Å². The lowest BCUT2D eigenvalue weighted by molar-refractivity contribution is -0.122. The van der Waals surface area contributed by atoms with E-state index in [1.807, 2.05) is 0 Å². The molecule has 1 atom stereocenters. The van der Waals surface area contributed by atoms with Gasteiger partial charge in [-0.25, -0.2) is 0 Å². The van der Waals surface area contributed by atoms with E-state index in [1.54, 1.807) is 0 Å². The monoisotopic (exact) mass is 663 g/mol. The molecule has 4 nitrogen and oxygen atoms in total. The lowest BCUT2D eigenvalue weighted by Gasteiger charge is -2.12. The number of rotatable bonds is 41. The maximum atomic E-state index is 11.6. The summed E-state index contributed by atoms with van der Waals surface area (Å²) in [4.78, 5) is 22.3. The van der Waals surface area contributed by atoms with Gasteiger partial charge in [-0.1, -0.05) is 232 Å². The first-order valence-corrected chi connectivity index (χ1v) is 21.7. The SMILES string of the molecule is CCCCCC(CCCCCCCCCCCCCCCCCCCCCCCCCCCCCCCCCCCC(N)=O)C(N)=O. The molecule has 0 saturated heterocycles. The van der Waals surface area contributed by atoms with Crippen LogP contribution >= 0.6 is 0 Å². The molecule has 0 aromatic carbocycles. The van der Waals surface area contributed by atoms with Gasteiger partial charge in [-0.05, 0) is 19.3 Å². The summed E-state index contributed by atoms with van der Waals surface area (Å²) in [5.74, 6) is -0.109. The van der Waals surface area contributed by atoms with Crippen molar-refractivity contribution in [3.8, 4) is 0 Å². The van der Waals surface area contributed by atoms with Crippen LogP contribution in [-0.2, 0) is 9.59 Å². The second-order valence-electron chi connectivity index (χ2n) is 15.3. The summed E-state index contributed by atoms with van der Waals surface area (Å²) in [7, 11) is 0. The highest BCUT2D eigenvalue weighted by Gasteiger charge is 2.14. The van der Waals surface area contributed by atoms with E-state index in [4.69, 9.17) is 11.5 Å². The van der Waals surface area contributed by atoms with E-state index < -0.39 is 0 Å². The van der Waals surface area contributed by atoms with Gasteiger partial charge >= 0.3 is 0 Å². The Morgan fingerprint density at radius 1 is 0.340 bits per heavy atom. The van der Waals surface area contributed by atoms with E-state index in [2.05, 4.69) is 6.92 Å². The maximum Gasteiger partial charge on any atom is 0.220 e. The van der Waals surface area contributed by atoms with Gasteiger partial charge in [-0.3, -0.25) is 9.59 Å². The van der Waals surface area contributed by atoms with E-state index in [0.29, 0.717) is 6.42 Å². The zero-order chi connectivity index (χ0) is 34.3. The summed E-state index contributed by atoms with van der Waals surface area (Å²) < 4.78 is 0. The highest BCUT2D eigenvalue weighted by atomic mass is 16.1. The molecule has 0 bridgehead atoms. The molecule has 47 heavy (non-hydrogen) atoms. The lowest BCUT2D eigenvalue weighted by Crippen LogP contribution is -2.23. The van der Waals surface area contributed by atoms with E-state index >= 15 is 0 Å². The Hall–Kier alpha value is -1.06. The molecule has 0 aromatic heterocycles. The smallest absolute Gasteiger partial charge is 0.220 e. The van der Waals surface area contributed by atoms with Crippen LogP contribution in [0.2, 0.25) is 0 Å². The Morgan fingerprint density at radius 3 is 0.766 bits per heavy atom. The number of carbonyl (C=O) groups is 2. The molecule has 280 valence electrons. The summed E-state index contributed by atoms with van der Waals surface area (Å²) in [5.41, 5.74) is 10.8. The predicted molar refractivity (Wildman–Crippen MR) is 208 cm³/mol. The van der Waals surface area contributed by atoms with Crippen LogP contribution in [0.4, 0.5) is 0 Å². The first kappa shape index (κ1) is 45.9. The fraction of sp³-hybridized carbons (Fsp3) is 0.953. The molecule has 0 aromatic rings. The third kappa shape index (κ3) is 39.3. The number of unbranched alkanes of at least 4 members (excludes halogenated alkanes) is 34. The first-order chi connectivity index (χ1) is 23.1. The zero-order valence-electron chi connectivity index (χ0n) is 32.1. The van der Waals surface area contributed by atoms with Crippen molar-refractivity contribution in [2.45, 2.75) is 257 Å². The van der Waals surface area contributed by atoms with Crippen molar-refractivity contribution in [3.05, 3.63) is 0 Å². The quantitative estimate of drug-likeness (QED) is 0.0638. The van der Waals surface area contributed by atoms with Crippen LogP contribution in [0.1, 0.15) is 257 Å². The Morgan fingerprint density at radius 2 is 0.553 bits per heavy atom. The maximum absolute atomic E-state index is 11.6. The minimum absolute atomic E-state index is 0.0769. The minimum atomic E-state index is -0.152. The molecule has 0 fully saturated rings. The molecule has 0 aliphatic rings. The molecule has 0 spiro atoms. The van der Waals surface area contributed by atoms with Gasteiger partial charge in [0, 0.05) is 12.3 Å². The summed E-state index contributed by atoms with van der Waals surface area (Å²) in [6.45, 7) is 2.21. The fourth-order valence-electron chi connectivity index (χ4n) is 7.24. The Kier molecular flexibility index (Phi) is 38.5. The third-order valence-electron chi connectivity index (χ3n) is 10.5. The predicted octanol–water partition coefficient (Wildman–Crippen LogP) is 13.8. The summed E-state index contributed by atoms with van der Waals surface area (Å²) in [6.07, 6.45) is 51.9. The van der Waals surface area contributed by atoms with Crippen molar-refractivity contribution in [2.24, 2.45) is 17.4 Å². The van der Waals surface area contributed by atoms with E-state index in [1.165, 1.54) is 212 Å². The summed E-state index contributed by atoms with van der Waals surface area (Å²) >= 11 is 0. The highest BCUT2D eigenvalue weighted by Crippen LogP contribution is 2.20. The van der Waals surface area contributed by atoms with Gasteiger partial charge in [0.15, 0.2) is 0 Å². The molecule has 0 rings (SSSR count). The highest BCUT2D eigenvalue weighted by molar-refractivity contribution is 5.76. The lowest BCUT2D eigenvalue weighted by atomic mass is 9.94. The molecule has 4 heteroatoms. The zero-order valence-corrected chi connectivity index (χ0v) is 32.1. The number of hydrogen-bond donors (Lipinski definition) is 2. The van der Waals surface area contributed by atoms with Gasteiger partial charge in [-0.2, -0.15) is 0 Å². The van der Waals surface area contributed by atoms with Crippen molar-refractivity contribution >= 4 is 11.8 Å². The van der Waals surface area contributed by atoms with Gasteiger partial charge in [0.05, 0.1) is 0 Å². The van der Waals surface area contributed by atoms with Gasteiger partial charge in [0.2, 0.25) is 11.8 Å². The Labute approximate surface area is 295 Å². The van der Waals surface area contributed by atoms with Crippen molar-refractivity contribution in [2.75, 3.05) is 0 Å². The van der Waals surface area contributed by atoms with Crippen LogP contribution in [0.15, 0.2) is 0 Å². The molecule has 1 unspecified atom stereocenters. The Bertz CT molecular complexity index is 637. The third-order valence-corrected chi connectivity index (χ3v) is 10.5. The van der Waals surface area contributed by atoms with Crippen LogP contribution < -0.4 is 11.5 Å². The molecule has 0 saturated carbocycles. The largest absolute Gasteiger partial charge is 0.370 e. The molecule has 2 amide bonds. The number of hydrogen-bond acceptors (Lipinski definition) is 2. The van der Waals surface area contributed by atoms with Crippen molar-refractivity contribution in [3.63, 3.8) is 0 Å². The van der Waals surface area contributed by atoms with Crippen molar-refractivity contribution in [1.82, 2.24) is 0 Å². The number of amides is 2. The van der Waals surface area contributed by atoms with Gasteiger partial charge in [0.25, 0.3) is 0 Å².